The fraction of sp³-hybridized carbons (Fsp3) is 0.231. The normalized spacial score (nSPS) is 11.3. The van der Waals surface area contributed by atoms with Gasteiger partial charge in [-0.25, -0.2) is 4.98 Å². The number of ether oxygens (including phenoxy) is 4. The van der Waals surface area contributed by atoms with Gasteiger partial charge in [0, 0.05) is 15.7 Å². The molecule has 0 saturated carbocycles. The molecule has 0 aliphatic carbocycles. The molecule has 0 bridgehead atoms. The SMILES string of the molecule is COc1cc(-c2nc3cc(NC(=O)C(C)(C)Oc4ccc(Br)cc4)ccc3o2)cc(OC)c1OC. The average Bonchev–Trinajstić information content (AvgIpc) is 3.27. The first-order valence-corrected chi connectivity index (χ1v) is 11.5. The monoisotopic (exact) mass is 540 g/mol. The molecule has 1 N–H and O–H groups in total. The number of oxazole rings is 1. The molecule has 0 spiro atoms. The average molecular weight is 541 g/mol. The van der Waals surface area contributed by atoms with Crippen LogP contribution in [0.25, 0.3) is 22.6 Å². The van der Waals surface area contributed by atoms with E-state index >= 15 is 0 Å². The highest BCUT2D eigenvalue weighted by molar-refractivity contribution is 9.10. The minimum atomic E-state index is -1.10. The summed E-state index contributed by atoms with van der Waals surface area (Å²) in [5, 5.41) is 2.90. The Bertz CT molecular complexity index is 1340. The van der Waals surface area contributed by atoms with Gasteiger partial charge in [-0.15, -0.1) is 0 Å². The molecule has 0 unspecified atom stereocenters. The van der Waals surface area contributed by atoms with Crippen molar-refractivity contribution in [3.63, 3.8) is 0 Å². The molecule has 0 fully saturated rings. The third kappa shape index (κ3) is 5.19. The van der Waals surface area contributed by atoms with E-state index in [9.17, 15) is 4.79 Å². The molecule has 1 aromatic heterocycles. The first kappa shape index (κ1) is 24.4. The van der Waals surface area contributed by atoms with Crippen molar-refractivity contribution in [1.82, 2.24) is 4.98 Å². The van der Waals surface area contributed by atoms with Gasteiger partial charge in [0.05, 0.1) is 21.3 Å². The second-order valence-electron chi connectivity index (χ2n) is 8.14. The number of amides is 1. The van der Waals surface area contributed by atoms with E-state index in [0.29, 0.717) is 51.2 Å². The minimum absolute atomic E-state index is 0.298. The van der Waals surface area contributed by atoms with Crippen LogP contribution in [0.5, 0.6) is 23.0 Å². The number of anilines is 1. The summed E-state index contributed by atoms with van der Waals surface area (Å²) in [6, 6.07) is 16.1. The van der Waals surface area contributed by atoms with E-state index in [-0.39, 0.29) is 5.91 Å². The highest BCUT2D eigenvalue weighted by atomic mass is 79.9. The molecule has 0 aliphatic heterocycles. The zero-order valence-electron chi connectivity index (χ0n) is 20.0. The van der Waals surface area contributed by atoms with Crippen LogP contribution in [-0.4, -0.2) is 37.8 Å². The Morgan fingerprint density at radius 2 is 1.60 bits per heavy atom. The third-order valence-corrected chi connectivity index (χ3v) is 5.82. The van der Waals surface area contributed by atoms with Gasteiger partial charge < -0.3 is 28.7 Å². The van der Waals surface area contributed by atoms with E-state index < -0.39 is 5.60 Å². The van der Waals surface area contributed by atoms with E-state index in [1.165, 1.54) is 0 Å². The van der Waals surface area contributed by atoms with E-state index in [1.807, 2.05) is 12.1 Å². The molecule has 9 heteroatoms. The van der Waals surface area contributed by atoms with Gasteiger partial charge in [-0.2, -0.15) is 0 Å². The summed E-state index contributed by atoms with van der Waals surface area (Å²) in [6.45, 7) is 3.42. The van der Waals surface area contributed by atoms with Crippen molar-refractivity contribution < 1.29 is 28.2 Å². The number of carbonyl (C=O) groups excluding carboxylic acids is 1. The standard InChI is InChI=1S/C26H25BrN2O6/c1-26(2,35-18-9-6-16(27)7-10-18)25(30)28-17-8-11-20-19(14-17)29-24(34-20)15-12-21(31-3)23(33-5)22(13-15)32-4/h6-14H,1-5H3,(H,28,30). The molecule has 182 valence electrons. The van der Waals surface area contributed by atoms with E-state index in [0.717, 1.165) is 4.47 Å². The fourth-order valence-electron chi connectivity index (χ4n) is 3.46. The lowest BCUT2D eigenvalue weighted by molar-refractivity contribution is -0.128. The fourth-order valence-corrected chi connectivity index (χ4v) is 3.72. The number of hydrogen-bond acceptors (Lipinski definition) is 7. The van der Waals surface area contributed by atoms with Crippen LogP contribution in [0, 0.1) is 0 Å². The summed E-state index contributed by atoms with van der Waals surface area (Å²) < 4.78 is 29.0. The zero-order chi connectivity index (χ0) is 25.2. The van der Waals surface area contributed by atoms with E-state index in [2.05, 4.69) is 26.2 Å². The summed E-state index contributed by atoms with van der Waals surface area (Å²) in [5.41, 5.74) is 1.27. The first-order valence-electron chi connectivity index (χ1n) is 10.7. The number of halogens is 1. The van der Waals surface area contributed by atoms with Crippen LogP contribution in [-0.2, 0) is 4.79 Å². The summed E-state index contributed by atoms with van der Waals surface area (Å²) in [6.07, 6.45) is 0. The topological polar surface area (TPSA) is 92.1 Å². The maximum Gasteiger partial charge on any atom is 0.267 e. The number of hydrogen-bond donors (Lipinski definition) is 1. The molecule has 0 aliphatic rings. The van der Waals surface area contributed by atoms with Gasteiger partial charge in [-0.1, -0.05) is 15.9 Å². The van der Waals surface area contributed by atoms with Gasteiger partial charge in [0.2, 0.25) is 11.6 Å². The predicted octanol–water partition coefficient (Wildman–Crippen LogP) is 6.08. The second-order valence-corrected chi connectivity index (χ2v) is 9.05. The smallest absolute Gasteiger partial charge is 0.267 e. The van der Waals surface area contributed by atoms with Crippen LogP contribution in [0.4, 0.5) is 5.69 Å². The van der Waals surface area contributed by atoms with Gasteiger partial charge in [0.1, 0.15) is 11.3 Å². The number of nitrogens with zero attached hydrogens (tertiary/aromatic N) is 1. The second kappa shape index (κ2) is 9.87. The maximum absolute atomic E-state index is 12.9. The van der Waals surface area contributed by atoms with Crippen molar-refractivity contribution in [1.29, 1.82) is 0 Å². The zero-order valence-corrected chi connectivity index (χ0v) is 21.6. The maximum atomic E-state index is 12.9. The minimum Gasteiger partial charge on any atom is -0.493 e. The van der Waals surface area contributed by atoms with Crippen LogP contribution in [0.2, 0.25) is 0 Å². The van der Waals surface area contributed by atoms with Crippen molar-refractivity contribution in [2.75, 3.05) is 26.6 Å². The molecule has 3 aromatic carbocycles. The predicted molar refractivity (Wildman–Crippen MR) is 137 cm³/mol. The van der Waals surface area contributed by atoms with Gasteiger partial charge in [0.15, 0.2) is 22.7 Å². The number of fused-ring (bicyclic) bond motifs is 1. The molecule has 4 aromatic rings. The van der Waals surface area contributed by atoms with E-state index in [1.54, 1.807) is 77.6 Å². The van der Waals surface area contributed by atoms with E-state index in [4.69, 9.17) is 23.4 Å². The van der Waals surface area contributed by atoms with Crippen molar-refractivity contribution in [2.24, 2.45) is 0 Å². The number of benzene rings is 3. The van der Waals surface area contributed by atoms with Crippen LogP contribution >= 0.6 is 15.9 Å². The summed E-state index contributed by atoms with van der Waals surface area (Å²) >= 11 is 3.39. The molecule has 0 radical (unpaired) electrons. The molecule has 0 atom stereocenters. The Labute approximate surface area is 211 Å². The highest BCUT2D eigenvalue weighted by Gasteiger charge is 2.30. The van der Waals surface area contributed by atoms with Crippen LogP contribution < -0.4 is 24.3 Å². The van der Waals surface area contributed by atoms with Crippen molar-refractivity contribution >= 4 is 38.6 Å². The summed E-state index contributed by atoms with van der Waals surface area (Å²) in [5.74, 6) is 2.13. The Balaban J connectivity index is 1.57. The number of nitrogens with one attached hydrogen (secondary N) is 1. The van der Waals surface area contributed by atoms with Gasteiger partial charge in [0.25, 0.3) is 5.91 Å². The lowest BCUT2D eigenvalue weighted by atomic mass is 10.1. The first-order chi connectivity index (χ1) is 16.7. The van der Waals surface area contributed by atoms with Crippen LogP contribution in [0.1, 0.15) is 13.8 Å². The Morgan fingerprint density at radius 1 is 0.943 bits per heavy atom. The highest BCUT2D eigenvalue weighted by Crippen LogP contribution is 2.41. The molecular weight excluding hydrogens is 516 g/mol. The van der Waals surface area contributed by atoms with Crippen molar-refractivity contribution in [2.45, 2.75) is 19.4 Å². The van der Waals surface area contributed by atoms with Gasteiger partial charge in [-0.3, -0.25) is 4.79 Å². The van der Waals surface area contributed by atoms with Gasteiger partial charge in [-0.05, 0) is 68.4 Å². The quantitative estimate of drug-likeness (QED) is 0.289. The molecular formula is C26H25BrN2O6. The molecule has 1 amide bonds. The lowest BCUT2D eigenvalue weighted by Gasteiger charge is -2.25. The number of rotatable bonds is 8. The Morgan fingerprint density at radius 3 is 2.20 bits per heavy atom. The molecule has 0 saturated heterocycles. The molecule has 4 rings (SSSR count). The summed E-state index contributed by atoms with van der Waals surface area (Å²) in [7, 11) is 4.63. The van der Waals surface area contributed by atoms with Crippen LogP contribution in [0.15, 0.2) is 63.5 Å². The number of carbonyl (C=O) groups is 1. The largest absolute Gasteiger partial charge is 0.493 e. The molecule has 1 heterocycles. The Hall–Kier alpha value is -3.72. The third-order valence-electron chi connectivity index (χ3n) is 5.29. The summed E-state index contributed by atoms with van der Waals surface area (Å²) in [4.78, 5) is 17.5. The number of aromatic nitrogens is 1. The van der Waals surface area contributed by atoms with Gasteiger partial charge >= 0.3 is 0 Å². The molecule has 8 nitrogen and oxygen atoms in total. The van der Waals surface area contributed by atoms with Crippen molar-refractivity contribution in [3.05, 3.63) is 59.1 Å². The van der Waals surface area contributed by atoms with Crippen molar-refractivity contribution in [3.8, 4) is 34.5 Å². The van der Waals surface area contributed by atoms with Crippen LogP contribution in [0.3, 0.4) is 0 Å². The lowest BCUT2D eigenvalue weighted by Crippen LogP contribution is -2.42. The Kier molecular flexibility index (Phi) is 6.88. The number of methoxy groups -OCH3 is 3. The molecule has 35 heavy (non-hydrogen) atoms.